The average molecular weight is 605 g/mol. The molecule has 40 heavy (non-hydrogen) atoms. The zero-order chi connectivity index (χ0) is 29.3. The third kappa shape index (κ3) is 8.98. The van der Waals surface area contributed by atoms with E-state index in [1.807, 2.05) is 68.4 Å². The lowest BCUT2D eigenvalue weighted by molar-refractivity contribution is -0.140. The van der Waals surface area contributed by atoms with Gasteiger partial charge in [0, 0.05) is 24.5 Å². The molecular weight excluding hydrogens is 569 g/mol. The van der Waals surface area contributed by atoms with Crippen LogP contribution in [0.3, 0.4) is 0 Å². The Labute approximate surface area is 247 Å². The second kappa shape index (κ2) is 14.5. The topological polar surface area (TPSA) is 86.8 Å². The Morgan fingerprint density at radius 1 is 0.950 bits per heavy atom. The minimum atomic E-state index is -3.93. The molecule has 0 aliphatic heterocycles. The van der Waals surface area contributed by atoms with Crippen LogP contribution in [0.2, 0.25) is 10.0 Å². The van der Waals surface area contributed by atoms with Crippen molar-refractivity contribution in [2.75, 3.05) is 23.7 Å². The second-order valence-corrected chi connectivity index (χ2v) is 12.5. The number of benzene rings is 3. The summed E-state index contributed by atoms with van der Waals surface area (Å²) in [4.78, 5) is 29.1. The van der Waals surface area contributed by atoms with Crippen LogP contribution in [0.5, 0.6) is 0 Å². The van der Waals surface area contributed by atoms with E-state index in [9.17, 15) is 18.0 Å². The molecule has 0 saturated carbocycles. The van der Waals surface area contributed by atoms with Crippen molar-refractivity contribution in [3.05, 3.63) is 99.5 Å². The molecule has 0 radical (unpaired) electrons. The molecule has 7 nitrogen and oxygen atoms in total. The van der Waals surface area contributed by atoms with Crippen molar-refractivity contribution in [2.24, 2.45) is 0 Å². The molecule has 0 aliphatic rings. The lowest BCUT2D eigenvalue weighted by Crippen LogP contribution is -2.53. The molecule has 1 atom stereocenters. The first kappa shape index (κ1) is 31.5. The van der Waals surface area contributed by atoms with Crippen molar-refractivity contribution in [1.82, 2.24) is 10.2 Å². The number of anilines is 1. The van der Waals surface area contributed by atoms with Gasteiger partial charge in [-0.05, 0) is 42.7 Å². The van der Waals surface area contributed by atoms with E-state index in [1.54, 1.807) is 0 Å². The molecule has 0 bridgehead atoms. The maximum absolute atomic E-state index is 14.1. The summed E-state index contributed by atoms with van der Waals surface area (Å²) >= 11 is 12.4. The van der Waals surface area contributed by atoms with Crippen molar-refractivity contribution in [1.29, 1.82) is 0 Å². The number of amides is 2. The van der Waals surface area contributed by atoms with Gasteiger partial charge in [-0.2, -0.15) is 0 Å². The lowest BCUT2D eigenvalue weighted by atomic mass is 10.0. The van der Waals surface area contributed by atoms with Crippen LogP contribution < -0.4 is 9.62 Å². The summed E-state index contributed by atoms with van der Waals surface area (Å²) in [7, 11) is -3.93. The van der Waals surface area contributed by atoms with E-state index >= 15 is 0 Å². The molecule has 0 aliphatic carbocycles. The number of unbranched alkanes of at least 4 members (excludes halogenated alkanes) is 1. The highest BCUT2D eigenvalue weighted by Crippen LogP contribution is 2.30. The molecule has 1 N–H and O–H groups in total. The van der Waals surface area contributed by atoms with Gasteiger partial charge < -0.3 is 10.2 Å². The Morgan fingerprint density at radius 2 is 1.62 bits per heavy atom. The third-order valence-electron chi connectivity index (χ3n) is 6.43. The highest BCUT2D eigenvalue weighted by molar-refractivity contribution is 7.92. The number of hydrogen-bond acceptors (Lipinski definition) is 4. The molecule has 0 heterocycles. The van der Waals surface area contributed by atoms with Gasteiger partial charge in [0.25, 0.3) is 0 Å². The first-order valence-electron chi connectivity index (χ1n) is 13.1. The summed E-state index contributed by atoms with van der Waals surface area (Å²) < 4.78 is 26.7. The van der Waals surface area contributed by atoms with Gasteiger partial charge >= 0.3 is 0 Å². The largest absolute Gasteiger partial charge is 0.354 e. The highest BCUT2D eigenvalue weighted by Gasteiger charge is 2.33. The van der Waals surface area contributed by atoms with Crippen LogP contribution in [-0.4, -0.2) is 50.5 Å². The van der Waals surface area contributed by atoms with Gasteiger partial charge in [-0.15, -0.1) is 0 Å². The number of sulfonamides is 1. The van der Waals surface area contributed by atoms with E-state index in [2.05, 4.69) is 5.32 Å². The van der Waals surface area contributed by atoms with Gasteiger partial charge in [-0.1, -0.05) is 96.7 Å². The molecular formula is C30H35Cl2N3O4S. The molecule has 214 valence electrons. The van der Waals surface area contributed by atoms with Crippen molar-refractivity contribution in [2.45, 2.75) is 45.7 Å². The summed E-state index contributed by atoms with van der Waals surface area (Å²) in [5, 5.41) is 3.39. The molecule has 0 spiro atoms. The number of nitrogens with one attached hydrogen (secondary N) is 1. The fraction of sp³-hybridized carbons (Fsp3) is 0.333. The zero-order valence-corrected chi connectivity index (χ0v) is 25.3. The number of halogens is 2. The van der Waals surface area contributed by atoms with Crippen molar-refractivity contribution >= 4 is 50.7 Å². The molecule has 3 rings (SSSR count). The summed E-state index contributed by atoms with van der Waals surface area (Å²) in [6.07, 6.45) is 2.97. The van der Waals surface area contributed by atoms with Crippen LogP contribution in [0.25, 0.3) is 0 Å². The number of hydrogen-bond donors (Lipinski definition) is 1. The van der Waals surface area contributed by atoms with Crippen LogP contribution in [-0.2, 0) is 32.6 Å². The summed E-state index contributed by atoms with van der Waals surface area (Å²) in [5.41, 5.74) is 2.87. The number of carbonyl (C=O) groups excluding carboxylic acids is 2. The Kier molecular flexibility index (Phi) is 11.4. The second-order valence-electron chi connectivity index (χ2n) is 9.72. The standard InChI is InChI=1S/C30H35Cl2N3O4S/c1-4-5-17-33-30(37)28(18-23-9-7-6-8-10-23)34(20-24-13-11-22(2)12-14-24)29(36)21-35(40(3,38)39)27-16-15-25(31)19-26(27)32/h6-16,19,28H,4-5,17-18,20-21H2,1-3H3,(H,33,37). The van der Waals surface area contributed by atoms with Gasteiger partial charge in [0.15, 0.2) is 0 Å². The molecule has 2 amide bonds. The molecule has 0 saturated heterocycles. The van der Waals surface area contributed by atoms with Gasteiger partial charge in [0.2, 0.25) is 21.8 Å². The van der Waals surface area contributed by atoms with Gasteiger partial charge in [-0.25, -0.2) is 8.42 Å². The maximum atomic E-state index is 14.1. The van der Waals surface area contributed by atoms with E-state index in [0.717, 1.165) is 40.1 Å². The third-order valence-corrected chi connectivity index (χ3v) is 8.10. The summed E-state index contributed by atoms with van der Waals surface area (Å²) in [6.45, 7) is 4.04. The van der Waals surface area contributed by atoms with Crippen molar-refractivity contribution in [3.63, 3.8) is 0 Å². The quantitative estimate of drug-likeness (QED) is 0.257. The van der Waals surface area contributed by atoms with Gasteiger partial charge in [0.05, 0.1) is 17.0 Å². The zero-order valence-electron chi connectivity index (χ0n) is 22.9. The van der Waals surface area contributed by atoms with Crippen LogP contribution in [0.4, 0.5) is 5.69 Å². The Morgan fingerprint density at radius 3 is 2.23 bits per heavy atom. The van der Waals surface area contributed by atoms with E-state index < -0.39 is 28.5 Å². The minimum absolute atomic E-state index is 0.0916. The monoisotopic (exact) mass is 603 g/mol. The van der Waals surface area contributed by atoms with Gasteiger partial charge in [-0.3, -0.25) is 13.9 Å². The van der Waals surface area contributed by atoms with Crippen molar-refractivity contribution < 1.29 is 18.0 Å². The number of nitrogens with zero attached hydrogens (tertiary/aromatic N) is 2. The molecule has 3 aromatic rings. The highest BCUT2D eigenvalue weighted by atomic mass is 35.5. The molecule has 0 aromatic heterocycles. The molecule has 3 aromatic carbocycles. The fourth-order valence-electron chi connectivity index (χ4n) is 4.23. The normalized spacial score (nSPS) is 12.0. The summed E-state index contributed by atoms with van der Waals surface area (Å²) in [5.74, 6) is -0.836. The fourth-order valence-corrected chi connectivity index (χ4v) is 5.65. The minimum Gasteiger partial charge on any atom is -0.354 e. The number of carbonyl (C=O) groups is 2. The molecule has 0 fully saturated rings. The average Bonchev–Trinajstić information content (AvgIpc) is 2.90. The van der Waals surface area contributed by atoms with E-state index in [4.69, 9.17) is 23.2 Å². The van der Waals surface area contributed by atoms with Crippen LogP contribution in [0.1, 0.15) is 36.5 Å². The van der Waals surface area contributed by atoms with Crippen LogP contribution >= 0.6 is 23.2 Å². The smallest absolute Gasteiger partial charge is 0.244 e. The lowest BCUT2D eigenvalue weighted by Gasteiger charge is -2.33. The molecule has 1 unspecified atom stereocenters. The van der Waals surface area contributed by atoms with Gasteiger partial charge in [0.1, 0.15) is 12.6 Å². The van der Waals surface area contributed by atoms with Crippen molar-refractivity contribution in [3.8, 4) is 0 Å². The number of aryl methyl sites for hydroxylation is 1. The Hall–Kier alpha value is -3.07. The van der Waals surface area contributed by atoms with E-state index in [0.29, 0.717) is 11.6 Å². The SMILES string of the molecule is CCCCNC(=O)C(Cc1ccccc1)N(Cc1ccc(C)cc1)C(=O)CN(c1ccc(Cl)cc1Cl)S(C)(=O)=O. The number of rotatable bonds is 13. The molecule has 10 heteroatoms. The van der Waals surface area contributed by atoms with E-state index in [1.165, 1.54) is 23.1 Å². The Balaban J connectivity index is 2.04. The van der Waals surface area contributed by atoms with E-state index in [-0.39, 0.29) is 29.6 Å². The summed E-state index contributed by atoms with van der Waals surface area (Å²) in [6, 6.07) is 20.6. The maximum Gasteiger partial charge on any atom is 0.244 e. The van der Waals surface area contributed by atoms with Crippen LogP contribution in [0.15, 0.2) is 72.8 Å². The van der Waals surface area contributed by atoms with Crippen LogP contribution in [0, 0.1) is 6.92 Å². The Bertz CT molecular complexity index is 1400. The first-order valence-corrected chi connectivity index (χ1v) is 15.7. The predicted octanol–water partition coefficient (Wildman–Crippen LogP) is 5.62. The predicted molar refractivity (Wildman–Crippen MR) is 162 cm³/mol. The first-order chi connectivity index (χ1) is 19.0.